The molecule has 0 radical (unpaired) electrons. The van der Waals surface area contributed by atoms with Crippen molar-refractivity contribution in [3.63, 3.8) is 0 Å². The number of carbonyl (C=O) groups is 1. The quantitative estimate of drug-likeness (QED) is 0.853. The number of carbonyl (C=O) groups excluding carboxylic acids is 1. The van der Waals surface area contributed by atoms with Crippen molar-refractivity contribution in [3.05, 3.63) is 33.8 Å². The summed E-state index contributed by atoms with van der Waals surface area (Å²) in [6.45, 7) is 1.17. The van der Waals surface area contributed by atoms with Crippen LogP contribution in [0, 0.1) is 0 Å². The van der Waals surface area contributed by atoms with Gasteiger partial charge in [0, 0.05) is 22.8 Å². The van der Waals surface area contributed by atoms with Crippen LogP contribution in [-0.4, -0.2) is 38.4 Å². The van der Waals surface area contributed by atoms with Crippen molar-refractivity contribution < 1.29 is 13.2 Å². The molecule has 1 aromatic rings. The van der Waals surface area contributed by atoms with E-state index in [9.17, 15) is 13.2 Å². The van der Waals surface area contributed by atoms with Crippen molar-refractivity contribution in [2.45, 2.75) is 24.1 Å². The van der Waals surface area contributed by atoms with Gasteiger partial charge in [0.1, 0.15) is 0 Å². The smallest absolute Gasteiger partial charge is 0.241 e. The second-order valence-electron chi connectivity index (χ2n) is 5.43. The lowest BCUT2D eigenvalue weighted by Gasteiger charge is -2.34. The zero-order chi connectivity index (χ0) is 16.4. The predicted octanol–water partition coefficient (Wildman–Crippen LogP) is 1.78. The van der Waals surface area contributed by atoms with Crippen molar-refractivity contribution in [1.82, 2.24) is 10.6 Å². The van der Waals surface area contributed by atoms with E-state index in [-0.39, 0.29) is 19.4 Å². The minimum atomic E-state index is -3.51. The normalized spacial score (nSPS) is 18.0. The topological polar surface area (TPSA) is 75.3 Å². The number of amides is 1. The Balaban J connectivity index is 2.15. The van der Waals surface area contributed by atoms with Crippen LogP contribution in [0.15, 0.2) is 18.2 Å². The Morgan fingerprint density at radius 2 is 1.95 bits per heavy atom. The number of nitrogens with one attached hydrogen (secondary N) is 2. The summed E-state index contributed by atoms with van der Waals surface area (Å²) in [5.41, 5.74) is 0.692. The van der Waals surface area contributed by atoms with Gasteiger partial charge in [-0.25, -0.2) is 8.42 Å². The molecule has 1 saturated heterocycles. The number of halogens is 2. The highest BCUT2D eigenvalue weighted by Gasteiger charge is 2.48. The molecule has 1 amide bonds. The second kappa shape index (κ2) is 6.74. The van der Waals surface area contributed by atoms with Crippen LogP contribution in [-0.2, 0) is 21.2 Å². The number of rotatable bonds is 4. The fraction of sp³-hybridized carbons (Fsp3) is 0.500. The highest BCUT2D eigenvalue weighted by Crippen LogP contribution is 2.28. The number of sulfone groups is 1. The molecule has 1 aromatic carbocycles. The molecule has 1 fully saturated rings. The second-order valence-corrected chi connectivity index (χ2v) is 8.60. The van der Waals surface area contributed by atoms with E-state index in [1.807, 2.05) is 0 Å². The average molecular weight is 365 g/mol. The Labute approximate surface area is 140 Å². The molecule has 0 spiro atoms. The van der Waals surface area contributed by atoms with Crippen LogP contribution >= 0.6 is 23.2 Å². The molecule has 0 saturated carbocycles. The largest absolute Gasteiger partial charge is 0.351 e. The molecule has 22 heavy (non-hydrogen) atoms. The molecule has 1 heterocycles. The third kappa shape index (κ3) is 3.56. The van der Waals surface area contributed by atoms with Crippen LogP contribution in [0.4, 0.5) is 0 Å². The van der Waals surface area contributed by atoms with Gasteiger partial charge in [-0.3, -0.25) is 4.79 Å². The molecule has 0 aromatic heterocycles. The van der Waals surface area contributed by atoms with E-state index in [0.29, 0.717) is 28.7 Å². The van der Waals surface area contributed by atoms with E-state index in [4.69, 9.17) is 23.2 Å². The zero-order valence-electron chi connectivity index (χ0n) is 12.2. The first-order valence-electron chi connectivity index (χ1n) is 6.89. The van der Waals surface area contributed by atoms with Gasteiger partial charge >= 0.3 is 0 Å². The Bertz CT molecular complexity index is 671. The predicted molar refractivity (Wildman–Crippen MR) is 88.0 cm³/mol. The van der Waals surface area contributed by atoms with E-state index in [0.717, 1.165) is 6.26 Å². The van der Waals surface area contributed by atoms with Crippen molar-refractivity contribution in [3.8, 4) is 0 Å². The maximum absolute atomic E-state index is 12.5. The molecule has 8 heteroatoms. The maximum atomic E-state index is 12.5. The molecule has 2 rings (SSSR count). The van der Waals surface area contributed by atoms with Gasteiger partial charge in [-0.15, -0.1) is 0 Å². The summed E-state index contributed by atoms with van der Waals surface area (Å²) < 4.78 is 22.9. The van der Waals surface area contributed by atoms with Gasteiger partial charge in [-0.1, -0.05) is 29.3 Å². The van der Waals surface area contributed by atoms with Gasteiger partial charge in [-0.2, -0.15) is 0 Å². The van der Waals surface area contributed by atoms with E-state index in [1.54, 1.807) is 18.2 Å². The molecule has 122 valence electrons. The minimum absolute atomic E-state index is 0.166. The average Bonchev–Trinajstić information content (AvgIpc) is 2.45. The number of hydrogen-bond acceptors (Lipinski definition) is 4. The van der Waals surface area contributed by atoms with Crippen LogP contribution in [0.5, 0.6) is 0 Å². The van der Waals surface area contributed by atoms with Crippen LogP contribution in [0.1, 0.15) is 18.4 Å². The molecule has 0 bridgehead atoms. The SMILES string of the molecule is CS(=O)(=O)C1(C(=O)NCc2ccc(Cl)cc2Cl)CCNCC1. The van der Waals surface area contributed by atoms with Gasteiger partial charge in [0.2, 0.25) is 5.91 Å². The molecule has 0 aliphatic carbocycles. The minimum Gasteiger partial charge on any atom is -0.351 e. The van der Waals surface area contributed by atoms with E-state index in [1.165, 1.54) is 0 Å². The van der Waals surface area contributed by atoms with Crippen molar-refractivity contribution >= 4 is 38.9 Å². The van der Waals surface area contributed by atoms with Crippen LogP contribution in [0.25, 0.3) is 0 Å². The Hall–Kier alpha value is -0.820. The van der Waals surface area contributed by atoms with Crippen molar-refractivity contribution in [2.24, 2.45) is 0 Å². The molecule has 0 unspecified atom stereocenters. The molecule has 5 nitrogen and oxygen atoms in total. The Kier molecular flexibility index (Phi) is 5.37. The van der Waals surface area contributed by atoms with E-state index in [2.05, 4.69) is 10.6 Å². The summed E-state index contributed by atoms with van der Waals surface area (Å²) in [7, 11) is -3.51. The molecule has 2 N–H and O–H groups in total. The lowest BCUT2D eigenvalue weighted by molar-refractivity contribution is -0.124. The summed E-state index contributed by atoms with van der Waals surface area (Å²) in [6, 6.07) is 4.97. The number of piperidine rings is 1. The monoisotopic (exact) mass is 364 g/mol. The first-order valence-corrected chi connectivity index (χ1v) is 9.53. The summed E-state index contributed by atoms with van der Waals surface area (Å²) in [4.78, 5) is 12.5. The van der Waals surface area contributed by atoms with Gasteiger partial charge < -0.3 is 10.6 Å². The maximum Gasteiger partial charge on any atom is 0.241 e. The molecule has 1 aliphatic rings. The van der Waals surface area contributed by atoms with Crippen molar-refractivity contribution in [1.29, 1.82) is 0 Å². The fourth-order valence-corrected chi connectivity index (χ4v) is 4.43. The highest BCUT2D eigenvalue weighted by atomic mass is 35.5. The third-order valence-electron chi connectivity index (χ3n) is 3.99. The van der Waals surface area contributed by atoms with Gasteiger partial charge in [-0.05, 0) is 43.6 Å². The molecule has 0 atom stereocenters. The Morgan fingerprint density at radius 1 is 1.32 bits per heavy atom. The van der Waals surface area contributed by atoms with Crippen LogP contribution < -0.4 is 10.6 Å². The standard InChI is InChI=1S/C14H18Cl2N2O3S/c1-22(20,21)14(4-6-17-7-5-14)13(19)18-9-10-2-3-11(15)8-12(10)16/h2-3,8,17H,4-7,9H2,1H3,(H,18,19). The van der Waals surface area contributed by atoms with Crippen LogP contribution in [0.2, 0.25) is 10.0 Å². The van der Waals surface area contributed by atoms with Crippen LogP contribution in [0.3, 0.4) is 0 Å². The van der Waals surface area contributed by atoms with Gasteiger partial charge in [0.25, 0.3) is 0 Å². The summed E-state index contributed by atoms with van der Waals surface area (Å²) in [5, 5.41) is 6.72. The lowest BCUT2D eigenvalue weighted by Crippen LogP contribution is -2.57. The fourth-order valence-electron chi connectivity index (χ4n) is 2.60. The first kappa shape index (κ1) is 17.5. The van der Waals surface area contributed by atoms with Gasteiger partial charge in [0.05, 0.1) is 0 Å². The summed E-state index contributed by atoms with van der Waals surface area (Å²) in [5.74, 6) is -0.470. The van der Waals surface area contributed by atoms with Gasteiger partial charge in [0.15, 0.2) is 14.6 Å². The number of hydrogen-bond donors (Lipinski definition) is 2. The van der Waals surface area contributed by atoms with E-state index >= 15 is 0 Å². The third-order valence-corrected chi connectivity index (χ3v) is 6.59. The lowest BCUT2D eigenvalue weighted by atomic mass is 9.95. The number of benzene rings is 1. The molecule has 1 aliphatic heterocycles. The molecular weight excluding hydrogens is 347 g/mol. The highest BCUT2D eigenvalue weighted by molar-refractivity contribution is 7.92. The zero-order valence-corrected chi connectivity index (χ0v) is 14.5. The first-order chi connectivity index (χ1) is 10.3. The summed E-state index contributed by atoms with van der Waals surface area (Å²) >= 11 is 11.9. The molecular formula is C14H18Cl2N2O3S. The Morgan fingerprint density at radius 3 is 2.50 bits per heavy atom. The van der Waals surface area contributed by atoms with Crippen molar-refractivity contribution in [2.75, 3.05) is 19.3 Å². The van der Waals surface area contributed by atoms with E-state index < -0.39 is 20.5 Å². The summed E-state index contributed by atoms with van der Waals surface area (Å²) in [6.07, 6.45) is 1.66.